The minimum Gasteiger partial charge on any atom is -0.237 e. The summed E-state index contributed by atoms with van der Waals surface area (Å²) in [6.45, 7) is 12.0. The van der Waals surface area contributed by atoms with Gasteiger partial charge in [0, 0.05) is 17.5 Å². The first kappa shape index (κ1) is 13.6. The molecule has 2 aromatic heterocycles. The largest absolute Gasteiger partial charge is 0.237 e. The van der Waals surface area contributed by atoms with E-state index in [1.54, 1.807) is 6.20 Å². The highest BCUT2D eigenvalue weighted by molar-refractivity contribution is 5.45. The molecule has 0 bridgehead atoms. The zero-order chi connectivity index (χ0) is 11.8. The van der Waals surface area contributed by atoms with Crippen molar-refractivity contribution in [3.63, 3.8) is 0 Å². The van der Waals surface area contributed by atoms with E-state index in [9.17, 15) is 0 Å². The maximum Gasteiger partial charge on any atom is 0.158 e. The van der Waals surface area contributed by atoms with Gasteiger partial charge in [0.1, 0.15) is 0 Å². The average molecular weight is 207 g/mol. The number of hydrogen-bond donors (Lipinski definition) is 0. The van der Waals surface area contributed by atoms with Crippen LogP contribution in [0.15, 0.2) is 18.5 Å². The molecule has 0 aromatic carbocycles. The summed E-state index contributed by atoms with van der Waals surface area (Å²) in [6, 6.07) is 1.94. The van der Waals surface area contributed by atoms with Crippen molar-refractivity contribution >= 4 is 5.65 Å². The van der Waals surface area contributed by atoms with E-state index in [1.807, 2.05) is 58.3 Å². The Morgan fingerprint density at radius 2 is 1.67 bits per heavy atom. The first-order valence-corrected chi connectivity index (χ1v) is 5.55. The fraction of sp³-hybridized carbons (Fsp3) is 0.500. The molecule has 0 aliphatic rings. The minimum absolute atomic E-state index is 0.949. The van der Waals surface area contributed by atoms with Crippen LogP contribution in [0.5, 0.6) is 0 Å². The number of aromatic nitrogens is 3. The lowest BCUT2D eigenvalue weighted by atomic mass is 10.4. The highest BCUT2D eigenvalue weighted by Crippen LogP contribution is 2.06. The van der Waals surface area contributed by atoms with Crippen molar-refractivity contribution in [1.82, 2.24) is 14.6 Å². The Bertz CT molecular complexity index is 391. The summed E-state index contributed by atoms with van der Waals surface area (Å²) in [4.78, 5) is 4.20. The molecular formula is C12H21N3. The third-order valence-corrected chi connectivity index (χ3v) is 1.77. The summed E-state index contributed by atoms with van der Waals surface area (Å²) in [6.07, 6.45) is 3.63. The normalized spacial score (nSPS) is 8.67. The average Bonchev–Trinajstić information content (AvgIpc) is 2.68. The third kappa shape index (κ3) is 3.05. The van der Waals surface area contributed by atoms with Gasteiger partial charge in [-0.15, -0.1) is 0 Å². The van der Waals surface area contributed by atoms with Crippen LogP contribution in [0, 0.1) is 13.8 Å². The lowest BCUT2D eigenvalue weighted by Gasteiger charge is -1.95. The lowest BCUT2D eigenvalue weighted by Crippen LogP contribution is -1.93. The minimum atomic E-state index is 0.949. The van der Waals surface area contributed by atoms with E-state index < -0.39 is 0 Å². The van der Waals surface area contributed by atoms with Gasteiger partial charge in [-0.3, -0.25) is 0 Å². The van der Waals surface area contributed by atoms with Crippen LogP contribution in [0.25, 0.3) is 5.65 Å². The first-order valence-electron chi connectivity index (χ1n) is 5.55. The van der Waals surface area contributed by atoms with Crippen molar-refractivity contribution in [3.8, 4) is 0 Å². The molecule has 3 nitrogen and oxygen atoms in total. The van der Waals surface area contributed by atoms with E-state index in [0.29, 0.717) is 0 Å². The highest BCUT2D eigenvalue weighted by Gasteiger charge is 2.00. The van der Waals surface area contributed by atoms with E-state index in [2.05, 4.69) is 10.1 Å². The molecule has 0 saturated heterocycles. The van der Waals surface area contributed by atoms with E-state index in [1.165, 1.54) is 0 Å². The third-order valence-electron chi connectivity index (χ3n) is 1.77. The van der Waals surface area contributed by atoms with E-state index in [0.717, 1.165) is 16.9 Å². The lowest BCUT2D eigenvalue weighted by molar-refractivity contribution is 0.895. The van der Waals surface area contributed by atoms with Gasteiger partial charge >= 0.3 is 0 Å². The Morgan fingerprint density at radius 3 is 2.20 bits per heavy atom. The van der Waals surface area contributed by atoms with Gasteiger partial charge in [0.05, 0.1) is 6.20 Å². The molecule has 0 amide bonds. The summed E-state index contributed by atoms with van der Waals surface area (Å²) >= 11 is 0. The molecule has 0 saturated carbocycles. The van der Waals surface area contributed by atoms with Gasteiger partial charge in [-0.1, -0.05) is 27.7 Å². The van der Waals surface area contributed by atoms with Gasteiger partial charge in [0.2, 0.25) is 0 Å². The molecule has 0 spiro atoms. The van der Waals surface area contributed by atoms with Gasteiger partial charge in [0.25, 0.3) is 0 Å². The predicted molar refractivity (Wildman–Crippen MR) is 65.2 cm³/mol. The summed E-state index contributed by atoms with van der Waals surface area (Å²) in [7, 11) is 0. The van der Waals surface area contributed by atoms with E-state index >= 15 is 0 Å². The number of hydrogen-bond acceptors (Lipinski definition) is 2. The molecule has 0 unspecified atom stereocenters. The molecule has 2 aromatic rings. The van der Waals surface area contributed by atoms with Crippen LogP contribution in [0.1, 0.15) is 39.0 Å². The second-order valence-electron chi connectivity index (χ2n) is 2.65. The van der Waals surface area contributed by atoms with Gasteiger partial charge in [-0.05, 0) is 19.9 Å². The molecule has 0 fully saturated rings. The summed E-state index contributed by atoms with van der Waals surface area (Å²) in [5.74, 6) is 0. The molecule has 15 heavy (non-hydrogen) atoms. The van der Waals surface area contributed by atoms with E-state index in [4.69, 9.17) is 0 Å². The fourth-order valence-corrected chi connectivity index (χ4v) is 1.12. The van der Waals surface area contributed by atoms with Gasteiger partial charge in [-0.25, -0.2) is 9.50 Å². The topological polar surface area (TPSA) is 30.2 Å². The second-order valence-corrected chi connectivity index (χ2v) is 2.65. The Hall–Kier alpha value is -1.38. The highest BCUT2D eigenvalue weighted by atomic mass is 15.2. The van der Waals surface area contributed by atoms with Crippen molar-refractivity contribution in [3.05, 3.63) is 29.7 Å². The monoisotopic (exact) mass is 207 g/mol. The summed E-state index contributed by atoms with van der Waals surface area (Å²) in [5, 5.41) is 4.17. The number of fused-ring (bicyclic) bond motifs is 1. The molecule has 2 rings (SSSR count). The zero-order valence-electron chi connectivity index (χ0n) is 10.6. The van der Waals surface area contributed by atoms with Gasteiger partial charge in [-0.2, -0.15) is 5.10 Å². The van der Waals surface area contributed by atoms with Crippen LogP contribution in [0.3, 0.4) is 0 Å². The number of nitrogens with zero attached hydrogens (tertiary/aromatic N) is 3. The number of rotatable bonds is 0. The summed E-state index contributed by atoms with van der Waals surface area (Å²) < 4.78 is 1.84. The molecule has 0 radical (unpaired) electrons. The smallest absolute Gasteiger partial charge is 0.158 e. The molecule has 0 atom stereocenters. The van der Waals surface area contributed by atoms with Crippen LogP contribution >= 0.6 is 0 Å². The Kier molecular flexibility index (Phi) is 6.34. The quantitative estimate of drug-likeness (QED) is 0.662. The molecule has 0 aliphatic heterocycles. The SMILES string of the molecule is CC.CC.Cc1cnn2c(C)ccnc12. The van der Waals surface area contributed by atoms with Crippen LogP contribution in [0.2, 0.25) is 0 Å². The Morgan fingerprint density at radius 1 is 1.07 bits per heavy atom. The Labute approximate surface area is 92.2 Å². The van der Waals surface area contributed by atoms with Gasteiger partial charge in [0.15, 0.2) is 5.65 Å². The maximum atomic E-state index is 4.20. The molecular weight excluding hydrogens is 186 g/mol. The molecule has 2 heterocycles. The summed E-state index contributed by atoms with van der Waals surface area (Å²) in [5.41, 5.74) is 3.18. The molecule has 0 aliphatic carbocycles. The Balaban J connectivity index is 0.000000442. The maximum absolute atomic E-state index is 4.20. The van der Waals surface area contributed by atoms with Crippen LogP contribution in [-0.4, -0.2) is 14.6 Å². The van der Waals surface area contributed by atoms with Gasteiger partial charge < -0.3 is 0 Å². The van der Waals surface area contributed by atoms with Crippen LogP contribution in [0.4, 0.5) is 0 Å². The zero-order valence-corrected chi connectivity index (χ0v) is 10.6. The van der Waals surface area contributed by atoms with Crippen molar-refractivity contribution < 1.29 is 0 Å². The van der Waals surface area contributed by atoms with Crippen molar-refractivity contribution in [2.45, 2.75) is 41.5 Å². The predicted octanol–water partition coefficient (Wildman–Crippen LogP) is 3.40. The molecule has 84 valence electrons. The van der Waals surface area contributed by atoms with Crippen molar-refractivity contribution in [1.29, 1.82) is 0 Å². The second kappa shape index (κ2) is 6.98. The van der Waals surface area contributed by atoms with Crippen LogP contribution in [-0.2, 0) is 0 Å². The molecule has 0 N–H and O–H groups in total. The number of aryl methyl sites for hydroxylation is 2. The van der Waals surface area contributed by atoms with Crippen molar-refractivity contribution in [2.75, 3.05) is 0 Å². The van der Waals surface area contributed by atoms with Crippen LogP contribution < -0.4 is 0 Å². The molecule has 3 heteroatoms. The first-order chi connectivity index (χ1) is 7.29. The fourth-order valence-electron chi connectivity index (χ4n) is 1.12. The van der Waals surface area contributed by atoms with Crippen molar-refractivity contribution in [2.24, 2.45) is 0 Å². The van der Waals surface area contributed by atoms with E-state index in [-0.39, 0.29) is 0 Å². The standard InChI is InChI=1S/C8H9N3.2C2H6/c1-6-5-10-11-7(2)3-4-9-8(6)11;2*1-2/h3-5H,1-2H3;2*1-2H3.